The Morgan fingerprint density at radius 2 is 2.33 bits per heavy atom. The second kappa shape index (κ2) is 7.76. The molecule has 1 atom stereocenters. The molecule has 0 aromatic carbocycles. The summed E-state index contributed by atoms with van der Waals surface area (Å²) in [4.78, 5) is 15.8. The van der Waals surface area contributed by atoms with Gasteiger partial charge in [-0.15, -0.1) is 12.4 Å². The Bertz CT molecular complexity index is 382. The van der Waals surface area contributed by atoms with Crippen molar-refractivity contribution in [1.29, 1.82) is 0 Å². The molecule has 1 aliphatic rings. The lowest BCUT2D eigenvalue weighted by atomic mass is 10.3. The number of thioether (sulfide) groups is 2. The Balaban J connectivity index is 0.00000162. The van der Waals surface area contributed by atoms with Crippen molar-refractivity contribution in [2.45, 2.75) is 5.25 Å². The van der Waals surface area contributed by atoms with E-state index in [1.165, 1.54) is 17.7 Å². The Kier molecular flexibility index (Phi) is 6.67. The van der Waals surface area contributed by atoms with Crippen molar-refractivity contribution in [3.63, 3.8) is 0 Å². The molecule has 4 nitrogen and oxygen atoms in total. The van der Waals surface area contributed by atoms with E-state index in [9.17, 15) is 4.79 Å². The van der Waals surface area contributed by atoms with Crippen molar-refractivity contribution in [3.05, 3.63) is 24.0 Å². The van der Waals surface area contributed by atoms with E-state index in [0.29, 0.717) is 23.2 Å². The molecule has 3 N–H and O–H groups in total. The van der Waals surface area contributed by atoms with E-state index in [1.807, 2.05) is 23.5 Å². The molecule has 1 saturated heterocycles. The predicted molar refractivity (Wildman–Crippen MR) is 81.8 cm³/mol. The topological polar surface area (TPSA) is 68.0 Å². The SMILES string of the molecule is Cl.Nc1ccc(C(=O)NCC2CSCCS2)nc1. The van der Waals surface area contributed by atoms with E-state index in [4.69, 9.17) is 5.73 Å². The minimum absolute atomic E-state index is 0. The van der Waals surface area contributed by atoms with Crippen molar-refractivity contribution in [2.75, 3.05) is 29.5 Å². The van der Waals surface area contributed by atoms with Crippen molar-refractivity contribution in [3.8, 4) is 0 Å². The van der Waals surface area contributed by atoms with Crippen molar-refractivity contribution >= 4 is 47.5 Å². The van der Waals surface area contributed by atoms with Crippen LogP contribution in [0.25, 0.3) is 0 Å². The molecule has 0 radical (unpaired) electrons. The normalized spacial score (nSPS) is 18.8. The zero-order valence-electron chi connectivity index (χ0n) is 9.80. The van der Waals surface area contributed by atoms with Crippen LogP contribution in [0.1, 0.15) is 10.5 Å². The Morgan fingerprint density at radius 1 is 1.50 bits per heavy atom. The molecule has 1 unspecified atom stereocenters. The number of aromatic nitrogens is 1. The van der Waals surface area contributed by atoms with E-state index < -0.39 is 0 Å². The molecule has 100 valence electrons. The number of halogens is 1. The van der Waals surface area contributed by atoms with Gasteiger partial charge in [-0.3, -0.25) is 4.79 Å². The monoisotopic (exact) mass is 305 g/mol. The first-order valence-electron chi connectivity index (χ1n) is 5.45. The van der Waals surface area contributed by atoms with Gasteiger partial charge in [-0.25, -0.2) is 4.98 Å². The number of carbonyl (C=O) groups is 1. The van der Waals surface area contributed by atoms with Gasteiger partial charge >= 0.3 is 0 Å². The predicted octanol–water partition coefficient (Wildman–Crippen LogP) is 1.66. The van der Waals surface area contributed by atoms with Gasteiger partial charge in [0.25, 0.3) is 5.91 Å². The summed E-state index contributed by atoms with van der Waals surface area (Å²) in [5.74, 6) is 3.38. The van der Waals surface area contributed by atoms with E-state index in [-0.39, 0.29) is 18.3 Å². The average Bonchev–Trinajstić information content (AvgIpc) is 2.38. The number of anilines is 1. The van der Waals surface area contributed by atoms with E-state index >= 15 is 0 Å². The summed E-state index contributed by atoms with van der Waals surface area (Å²) in [7, 11) is 0. The van der Waals surface area contributed by atoms with Crippen molar-refractivity contribution in [2.24, 2.45) is 0 Å². The lowest BCUT2D eigenvalue weighted by Gasteiger charge is -2.20. The van der Waals surface area contributed by atoms with Crippen LogP contribution in [0.2, 0.25) is 0 Å². The molecule has 1 aromatic heterocycles. The number of hydrogen-bond acceptors (Lipinski definition) is 5. The highest BCUT2D eigenvalue weighted by molar-refractivity contribution is 8.06. The van der Waals surface area contributed by atoms with Crippen LogP contribution in [-0.4, -0.2) is 39.9 Å². The van der Waals surface area contributed by atoms with Gasteiger partial charge in [0.15, 0.2) is 0 Å². The molecule has 1 aliphatic heterocycles. The Morgan fingerprint density at radius 3 is 2.94 bits per heavy atom. The van der Waals surface area contributed by atoms with E-state index in [2.05, 4.69) is 10.3 Å². The van der Waals surface area contributed by atoms with Crippen molar-refractivity contribution < 1.29 is 4.79 Å². The van der Waals surface area contributed by atoms with Gasteiger partial charge in [0.05, 0.1) is 11.9 Å². The third-order valence-corrected chi connectivity index (χ3v) is 5.24. The smallest absolute Gasteiger partial charge is 0.269 e. The summed E-state index contributed by atoms with van der Waals surface area (Å²) < 4.78 is 0. The van der Waals surface area contributed by atoms with Crippen LogP contribution in [0, 0.1) is 0 Å². The van der Waals surface area contributed by atoms with Gasteiger partial charge in [-0.2, -0.15) is 23.5 Å². The Hall–Kier alpha value is -0.590. The lowest BCUT2D eigenvalue weighted by Crippen LogP contribution is -2.33. The van der Waals surface area contributed by atoms with Crippen LogP contribution in [0.5, 0.6) is 0 Å². The zero-order chi connectivity index (χ0) is 12.1. The number of nitrogen functional groups attached to an aromatic ring is 1. The van der Waals surface area contributed by atoms with Gasteiger partial charge in [-0.1, -0.05) is 0 Å². The molecule has 0 bridgehead atoms. The van der Waals surface area contributed by atoms with Gasteiger partial charge in [0, 0.05) is 29.1 Å². The molecule has 7 heteroatoms. The van der Waals surface area contributed by atoms with Crippen LogP contribution in [-0.2, 0) is 0 Å². The number of carbonyl (C=O) groups excluding carboxylic acids is 1. The fraction of sp³-hybridized carbons (Fsp3) is 0.455. The number of rotatable bonds is 3. The number of nitrogens with two attached hydrogens (primary N) is 1. The van der Waals surface area contributed by atoms with Gasteiger partial charge < -0.3 is 11.1 Å². The highest BCUT2D eigenvalue weighted by atomic mass is 35.5. The first kappa shape index (κ1) is 15.5. The second-order valence-electron chi connectivity index (χ2n) is 3.75. The molecule has 0 spiro atoms. The van der Waals surface area contributed by atoms with E-state index in [1.54, 1.807) is 12.1 Å². The molecule has 1 aromatic rings. The third kappa shape index (κ3) is 4.59. The minimum atomic E-state index is -0.124. The molecule has 18 heavy (non-hydrogen) atoms. The summed E-state index contributed by atoms with van der Waals surface area (Å²) in [5.41, 5.74) is 6.51. The van der Waals surface area contributed by atoms with Crippen LogP contribution in [0.3, 0.4) is 0 Å². The van der Waals surface area contributed by atoms with Crippen LogP contribution in [0.15, 0.2) is 18.3 Å². The number of nitrogens with zero attached hydrogens (tertiary/aromatic N) is 1. The molecule has 1 fully saturated rings. The zero-order valence-corrected chi connectivity index (χ0v) is 12.2. The van der Waals surface area contributed by atoms with Crippen molar-refractivity contribution in [1.82, 2.24) is 10.3 Å². The van der Waals surface area contributed by atoms with Crippen LogP contribution in [0.4, 0.5) is 5.69 Å². The minimum Gasteiger partial charge on any atom is -0.397 e. The number of hydrogen-bond donors (Lipinski definition) is 2. The highest BCUT2D eigenvalue weighted by Gasteiger charge is 2.15. The molecule has 0 saturated carbocycles. The summed E-state index contributed by atoms with van der Waals surface area (Å²) in [5, 5.41) is 3.43. The maximum absolute atomic E-state index is 11.8. The number of nitrogens with one attached hydrogen (secondary N) is 1. The lowest BCUT2D eigenvalue weighted by molar-refractivity contribution is 0.0949. The molecule has 0 aliphatic carbocycles. The molecular weight excluding hydrogens is 290 g/mol. The molecule has 2 rings (SSSR count). The fourth-order valence-corrected chi connectivity index (χ4v) is 4.10. The second-order valence-corrected chi connectivity index (χ2v) is 6.31. The van der Waals surface area contributed by atoms with E-state index in [0.717, 1.165) is 5.75 Å². The maximum atomic E-state index is 11.8. The standard InChI is InChI=1S/C11H15N3OS2.ClH/c12-8-1-2-10(13-5-8)11(15)14-6-9-7-16-3-4-17-9;/h1-2,5,9H,3-4,6-7,12H2,(H,14,15);1H. The summed E-state index contributed by atoms with van der Waals surface area (Å²) in [6, 6.07) is 3.33. The molecule has 2 heterocycles. The maximum Gasteiger partial charge on any atom is 0.269 e. The first-order valence-corrected chi connectivity index (χ1v) is 7.65. The third-order valence-electron chi connectivity index (χ3n) is 2.39. The summed E-state index contributed by atoms with van der Waals surface area (Å²) in [6.45, 7) is 0.711. The summed E-state index contributed by atoms with van der Waals surface area (Å²) >= 11 is 3.88. The fourth-order valence-electron chi connectivity index (χ4n) is 1.49. The number of pyridine rings is 1. The highest BCUT2D eigenvalue weighted by Crippen LogP contribution is 2.23. The Labute approximate surface area is 121 Å². The van der Waals surface area contributed by atoms with Gasteiger partial charge in [0.2, 0.25) is 0 Å². The quantitative estimate of drug-likeness (QED) is 0.889. The largest absolute Gasteiger partial charge is 0.397 e. The summed E-state index contributed by atoms with van der Waals surface area (Å²) in [6.07, 6.45) is 1.50. The molecular formula is C11H16ClN3OS2. The van der Waals surface area contributed by atoms with Gasteiger partial charge in [0.1, 0.15) is 5.69 Å². The van der Waals surface area contributed by atoms with Gasteiger partial charge in [-0.05, 0) is 12.1 Å². The first-order chi connectivity index (χ1) is 8.25. The average molecular weight is 306 g/mol. The van der Waals surface area contributed by atoms with Crippen LogP contribution < -0.4 is 11.1 Å². The van der Waals surface area contributed by atoms with Crippen LogP contribution >= 0.6 is 35.9 Å². The number of amides is 1. The molecule has 1 amide bonds.